The van der Waals surface area contributed by atoms with Gasteiger partial charge in [0.2, 0.25) is 0 Å². The van der Waals surface area contributed by atoms with Crippen molar-refractivity contribution in [3.8, 4) is 5.75 Å². The highest BCUT2D eigenvalue weighted by molar-refractivity contribution is 14.1. The number of nitrogens with zero attached hydrogens (tertiary/aromatic N) is 1. The first-order valence-corrected chi connectivity index (χ1v) is 11.3. The third kappa shape index (κ3) is 6.61. The fourth-order valence-corrected chi connectivity index (χ4v) is 3.60. The second kappa shape index (κ2) is 11.9. The molecule has 0 bridgehead atoms. The quantitative estimate of drug-likeness (QED) is 0.255. The van der Waals surface area contributed by atoms with Crippen molar-refractivity contribution in [2.75, 3.05) is 31.6 Å². The Labute approximate surface area is 203 Å². The number of nitrogens with one attached hydrogen (secondary N) is 1. The van der Waals surface area contributed by atoms with Crippen LogP contribution >= 0.6 is 22.6 Å². The zero-order valence-electron chi connectivity index (χ0n) is 17.5. The van der Waals surface area contributed by atoms with Crippen LogP contribution in [0.1, 0.15) is 16.8 Å². The molecule has 2 N–H and O–H groups in total. The third-order valence-electron chi connectivity index (χ3n) is 4.76. The van der Waals surface area contributed by atoms with Crippen LogP contribution in [-0.2, 0) is 0 Å². The summed E-state index contributed by atoms with van der Waals surface area (Å²) in [4.78, 5) is 14.5. The van der Waals surface area contributed by atoms with Gasteiger partial charge in [-0.2, -0.15) is 0 Å². The van der Waals surface area contributed by atoms with Crippen LogP contribution in [0.15, 0.2) is 60.7 Å². The van der Waals surface area contributed by atoms with Crippen LogP contribution in [-0.4, -0.2) is 42.2 Å². The Kier molecular flexibility index (Phi) is 8.95. The second-order valence-corrected chi connectivity index (χ2v) is 8.31. The highest BCUT2D eigenvalue weighted by Gasteiger charge is 2.24. The SMILES string of the molecule is O=C(c1ccc(F)c(F)c1Nc1ccc(I)cc1F)N(CCO)CCCOc1ccccc1. The van der Waals surface area contributed by atoms with Gasteiger partial charge in [-0.3, -0.25) is 4.79 Å². The summed E-state index contributed by atoms with van der Waals surface area (Å²) in [7, 11) is 0. The number of hydrogen-bond acceptors (Lipinski definition) is 4. The van der Waals surface area contributed by atoms with Gasteiger partial charge >= 0.3 is 0 Å². The van der Waals surface area contributed by atoms with Crippen molar-refractivity contribution in [2.45, 2.75) is 6.42 Å². The number of anilines is 2. The van der Waals surface area contributed by atoms with Gasteiger partial charge in [0.1, 0.15) is 11.6 Å². The zero-order valence-corrected chi connectivity index (χ0v) is 19.7. The molecule has 0 spiro atoms. The Hall–Kier alpha value is -2.79. The highest BCUT2D eigenvalue weighted by Crippen LogP contribution is 2.29. The molecule has 3 aromatic carbocycles. The summed E-state index contributed by atoms with van der Waals surface area (Å²) in [5.74, 6) is -3.09. The monoisotopic (exact) mass is 570 g/mol. The molecule has 0 radical (unpaired) electrons. The average molecular weight is 570 g/mol. The lowest BCUT2D eigenvalue weighted by molar-refractivity contribution is 0.0712. The van der Waals surface area contributed by atoms with Gasteiger partial charge in [-0.25, -0.2) is 13.2 Å². The van der Waals surface area contributed by atoms with Crippen molar-refractivity contribution in [1.29, 1.82) is 0 Å². The minimum atomic E-state index is -1.30. The molecule has 0 atom stereocenters. The van der Waals surface area contributed by atoms with E-state index >= 15 is 0 Å². The minimum absolute atomic E-state index is 0.0134. The number of aliphatic hydroxyl groups is 1. The van der Waals surface area contributed by atoms with E-state index in [4.69, 9.17) is 4.74 Å². The lowest BCUT2D eigenvalue weighted by Crippen LogP contribution is -2.35. The number of hydrogen-bond donors (Lipinski definition) is 2. The second-order valence-electron chi connectivity index (χ2n) is 7.06. The fraction of sp³-hybridized carbons (Fsp3) is 0.208. The lowest BCUT2D eigenvalue weighted by atomic mass is 10.1. The van der Waals surface area contributed by atoms with E-state index in [0.717, 1.165) is 12.1 Å². The summed E-state index contributed by atoms with van der Waals surface area (Å²) < 4.78 is 49.2. The van der Waals surface area contributed by atoms with Gasteiger partial charge in [0.05, 0.1) is 30.2 Å². The van der Waals surface area contributed by atoms with Crippen LogP contribution in [0.4, 0.5) is 24.5 Å². The Bertz CT molecular complexity index is 1100. The van der Waals surface area contributed by atoms with Gasteiger partial charge in [-0.05, 0) is 71.5 Å². The minimum Gasteiger partial charge on any atom is -0.494 e. The van der Waals surface area contributed by atoms with Crippen molar-refractivity contribution >= 4 is 39.9 Å². The normalized spacial score (nSPS) is 10.7. The number of carbonyl (C=O) groups is 1. The maximum Gasteiger partial charge on any atom is 0.256 e. The van der Waals surface area contributed by atoms with Crippen molar-refractivity contribution in [2.24, 2.45) is 0 Å². The predicted molar refractivity (Wildman–Crippen MR) is 128 cm³/mol. The van der Waals surface area contributed by atoms with Crippen molar-refractivity contribution < 1.29 is 27.8 Å². The first kappa shape index (κ1) is 24.8. The van der Waals surface area contributed by atoms with E-state index in [-0.39, 0.29) is 30.9 Å². The van der Waals surface area contributed by atoms with Gasteiger partial charge in [0.25, 0.3) is 5.91 Å². The molecule has 1 amide bonds. The van der Waals surface area contributed by atoms with E-state index in [9.17, 15) is 23.1 Å². The van der Waals surface area contributed by atoms with Gasteiger partial charge in [0, 0.05) is 16.7 Å². The van der Waals surface area contributed by atoms with Crippen LogP contribution in [0.3, 0.4) is 0 Å². The van der Waals surface area contributed by atoms with E-state index < -0.39 is 29.0 Å². The number of ether oxygens (including phenoxy) is 1. The number of aliphatic hydroxyl groups excluding tert-OH is 1. The molecular weight excluding hydrogens is 548 g/mol. The molecule has 3 aromatic rings. The molecule has 9 heteroatoms. The Morgan fingerprint density at radius 3 is 2.45 bits per heavy atom. The first-order valence-electron chi connectivity index (χ1n) is 10.2. The molecule has 0 saturated carbocycles. The van der Waals surface area contributed by atoms with Crippen molar-refractivity contribution in [1.82, 2.24) is 4.90 Å². The van der Waals surface area contributed by atoms with E-state index in [1.165, 1.54) is 17.0 Å². The molecule has 0 saturated heterocycles. The lowest BCUT2D eigenvalue weighted by Gasteiger charge is -2.24. The summed E-state index contributed by atoms with van der Waals surface area (Å²) in [6.07, 6.45) is 0.443. The summed E-state index contributed by atoms with van der Waals surface area (Å²) in [6.45, 7) is 0.197. The molecule has 0 unspecified atom stereocenters. The number of benzene rings is 3. The van der Waals surface area contributed by atoms with Gasteiger partial charge in [0.15, 0.2) is 11.6 Å². The molecule has 5 nitrogen and oxygen atoms in total. The van der Waals surface area contributed by atoms with E-state index in [1.54, 1.807) is 18.2 Å². The average Bonchev–Trinajstić information content (AvgIpc) is 2.81. The van der Waals surface area contributed by atoms with Gasteiger partial charge in [-0.15, -0.1) is 0 Å². The number of carbonyl (C=O) groups excluding carboxylic acids is 1. The molecule has 0 fully saturated rings. The van der Waals surface area contributed by atoms with Crippen LogP contribution in [0.25, 0.3) is 0 Å². The number of halogens is 4. The number of amides is 1. The molecular formula is C24H22F3IN2O3. The van der Waals surface area contributed by atoms with Crippen molar-refractivity contribution in [3.05, 3.63) is 87.2 Å². The van der Waals surface area contributed by atoms with Crippen molar-refractivity contribution in [3.63, 3.8) is 0 Å². The summed E-state index contributed by atoms with van der Waals surface area (Å²) >= 11 is 1.92. The number of rotatable bonds is 10. The van der Waals surface area contributed by atoms with Crippen LogP contribution in [0.2, 0.25) is 0 Å². The summed E-state index contributed by atoms with van der Waals surface area (Å²) in [5, 5.41) is 11.9. The molecule has 0 heterocycles. The summed E-state index contributed by atoms with van der Waals surface area (Å²) in [5.41, 5.74) is -0.744. The molecule has 174 valence electrons. The topological polar surface area (TPSA) is 61.8 Å². The zero-order chi connectivity index (χ0) is 23.8. The third-order valence-corrected chi connectivity index (χ3v) is 5.43. The van der Waals surface area contributed by atoms with E-state index in [0.29, 0.717) is 22.3 Å². The molecule has 33 heavy (non-hydrogen) atoms. The molecule has 0 aliphatic heterocycles. The van der Waals surface area contributed by atoms with Crippen LogP contribution < -0.4 is 10.1 Å². The Morgan fingerprint density at radius 2 is 1.76 bits per heavy atom. The molecule has 0 aromatic heterocycles. The largest absolute Gasteiger partial charge is 0.494 e. The van der Waals surface area contributed by atoms with Gasteiger partial charge < -0.3 is 20.1 Å². The Balaban J connectivity index is 1.78. The van der Waals surface area contributed by atoms with E-state index in [2.05, 4.69) is 5.32 Å². The first-order chi connectivity index (χ1) is 15.9. The maximum absolute atomic E-state index is 14.7. The molecule has 0 aliphatic rings. The molecule has 0 aliphatic carbocycles. The highest BCUT2D eigenvalue weighted by atomic mass is 127. The summed E-state index contributed by atoms with van der Waals surface area (Å²) in [6, 6.07) is 15.3. The van der Waals surface area contributed by atoms with Crippen LogP contribution in [0, 0.1) is 21.0 Å². The maximum atomic E-state index is 14.7. The standard InChI is InChI=1S/C24H22F3IN2O3/c25-19-9-8-18(23(22(19)27)29-21-10-7-16(28)15-20(21)26)24(32)30(12-13-31)11-4-14-33-17-5-2-1-3-6-17/h1-3,5-10,15,29,31H,4,11-14H2. The molecule has 3 rings (SSSR count). The predicted octanol–water partition coefficient (Wildman–Crippen LogP) is 5.36. The number of para-hydroxylation sites is 1. The van der Waals surface area contributed by atoms with E-state index in [1.807, 2.05) is 40.8 Å². The smallest absolute Gasteiger partial charge is 0.256 e. The fourth-order valence-electron chi connectivity index (χ4n) is 3.14. The van der Waals surface area contributed by atoms with Gasteiger partial charge in [-0.1, -0.05) is 18.2 Å². The van der Waals surface area contributed by atoms with Crippen LogP contribution in [0.5, 0.6) is 5.75 Å². The Morgan fingerprint density at radius 1 is 1.00 bits per heavy atom.